The molecule has 16 heavy (non-hydrogen) atoms. The van der Waals surface area contributed by atoms with Crippen LogP contribution in [0.15, 0.2) is 4.79 Å². The van der Waals surface area contributed by atoms with Crippen LogP contribution in [-0.2, 0) is 11.3 Å². The molecule has 1 aromatic heterocycles. The zero-order valence-electron chi connectivity index (χ0n) is 9.12. The molecule has 1 heterocycles. The van der Waals surface area contributed by atoms with Crippen LogP contribution in [0.3, 0.4) is 0 Å². The third-order valence-electron chi connectivity index (χ3n) is 1.99. The van der Waals surface area contributed by atoms with Crippen LogP contribution in [0.4, 0.5) is 4.39 Å². The van der Waals surface area contributed by atoms with Crippen LogP contribution in [0, 0.1) is 12.7 Å². The first-order chi connectivity index (χ1) is 7.34. The summed E-state index contributed by atoms with van der Waals surface area (Å²) in [4.78, 5) is 24.1. The molecule has 1 aromatic rings. The molecule has 0 aliphatic carbocycles. The number of halogens is 2. The minimum Gasteiger partial charge on any atom is -0.347 e. The maximum Gasteiger partial charge on any atom is 0.289 e. The van der Waals surface area contributed by atoms with Gasteiger partial charge < -0.3 is 4.90 Å². The standard InChI is InChI=1S/C9H11ClFN3O2/c1-5-8(11)7(10)9(16)14(12-5)4-6(15)13(2)3/h4H2,1-3H3. The molecule has 0 N–H and O–H groups in total. The minimum atomic E-state index is -0.847. The smallest absolute Gasteiger partial charge is 0.289 e. The van der Waals surface area contributed by atoms with Crippen molar-refractivity contribution in [2.75, 3.05) is 14.1 Å². The van der Waals surface area contributed by atoms with Gasteiger partial charge in [0.2, 0.25) is 5.91 Å². The Labute approximate surface area is 96.4 Å². The van der Waals surface area contributed by atoms with Crippen LogP contribution in [-0.4, -0.2) is 34.7 Å². The van der Waals surface area contributed by atoms with Crippen LogP contribution in [0.1, 0.15) is 5.69 Å². The van der Waals surface area contributed by atoms with Crippen molar-refractivity contribution in [2.45, 2.75) is 13.5 Å². The molecule has 0 fully saturated rings. The molecule has 0 spiro atoms. The summed E-state index contributed by atoms with van der Waals surface area (Å²) in [6.07, 6.45) is 0. The van der Waals surface area contributed by atoms with Gasteiger partial charge in [-0.15, -0.1) is 0 Å². The Morgan fingerprint density at radius 1 is 1.56 bits per heavy atom. The second kappa shape index (κ2) is 4.61. The van der Waals surface area contributed by atoms with E-state index in [1.165, 1.54) is 11.8 Å². The van der Waals surface area contributed by atoms with Gasteiger partial charge in [0.15, 0.2) is 5.82 Å². The fraction of sp³-hybridized carbons (Fsp3) is 0.444. The second-order valence-corrected chi connectivity index (χ2v) is 3.84. The highest BCUT2D eigenvalue weighted by molar-refractivity contribution is 6.30. The number of rotatable bonds is 2. The monoisotopic (exact) mass is 247 g/mol. The van der Waals surface area contributed by atoms with Crippen molar-refractivity contribution in [2.24, 2.45) is 0 Å². The molecule has 5 nitrogen and oxygen atoms in total. The van der Waals surface area contributed by atoms with Gasteiger partial charge in [0.1, 0.15) is 11.6 Å². The van der Waals surface area contributed by atoms with Crippen molar-refractivity contribution in [3.8, 4) is 0 Å². The molecule has 0 radical (unpaired) electrons. The summed E-state index contributed by atoms with van der Waals surface area (Å²) in [7, 11) is 3.09. The van der Waals surface area contributed by atoms with E-state index in [-0.39, 0.29) is 18.1 Å². The maximum absolute atomic E-state index is 13.2. The van der Waals surface area contributed by atoms with E-state index in [9.17, 15) is 14.0 Å². The van der Waals surface area contributed by atoms with E-state index in [2.05, 4.69) is 5.10 Å². The molecule has 0 aromatic carbocycles. The predicted molar refractivity (Wildman–Crippen MR) is 56.9 cm³/mol. The van der Waals surface area contributed by atoms with Gasteiger partial charge in [-0.2, -0.15) is 5.10 Å². The summed E-state index contributed by atoms with van der Waals surface area (Å²) < 4.78 is 14.0. The van der Waals surface area contributed by atoms with Crippen molar-refractivity contribution < 1.29 is 9.18 Å². The van der Waals surface area contributed by atoms with Gasteiger partial charge in [-0.1, -0.05) is 11.6 Å². The number of aromatic nitrogens is 2. The Hall–Kier alpha value is -1.43. The van der Waals surface area contributed by atoms with Gasteiger partial charge in [-0.3, -0.25) is 9.59 Å². The molecule has 1 rings (SSSR count). The first-order valence-electron chi connectivity index (χ1n) is 4.47. The lowest BCUT2D eigenvalue weighted by molar-refractivity contribution is -0.129. The molecule has 0 atom stereocenters. The highest BCUT2D eigenvalue weighted by Gasteiger charge is 2.15. The normalized spacial score (nSPS) is 10.3. The summed E-state index contributed by atoms with van der Waals surface area (Å²) in [5.41, 5.74) is -0.823. The van der Waals surface area contributed by atoms with Gasteiger partial charge in [0.25, 0.3) is 5.56 Å². The summed E-state index contributed by atoms with van der Waals surface area (Å²) in [6, 6.07) is 0. The maximum atomic E-state index is 13.2. The third kappa shape index (κ3) is 2.38. The topological polar surface area (TPSA) is 55.2 Å². The molecule has 7 heteroatoms. The Bertz CT molecular complexity index is 484. The fourth-order valence-electron chi connectivity index (χ4n) is 1.01. The summed E-state index contributed by atoms with van der Waals surface area (Å²) in [5, 5.41) is 3.11. The van der Waals surface area contributed by atoms with Gasteiger partial charge >= 0.3 is 0 Å². The molecule has 0 unspecified atom stereocenters. The number of amides is 1. The molecular formula is C9H11ClFN3O2. The van der Waals surface area contributed by atoms with E-state index in [0.717, 1.165) is 4.68 Å². The number of nitrogens with zero attached hydrogens (tertiary/aromatic N) is 3. The van der Waals surface area contributed by atoms with Crippen molar-refractivity contribution in [1.82, 2.24) is 14.7 Å². The highest BCUT2D eigenvalue weighted by atomic mass is 35.5. The summed E-state index contributed by atoms with van der Waals surface area (Å²) >= 11 is 5.48. The summed E-state index contributed by atoms with van der Waals surface area (Å²) in [5.74, 6) is -1.17. The van der Waals surface area contributed by atoms with Crippen molar-refractivity contribution in [1.29, 1.82) is 0 Å². The van der Waals surface area contributed by atoms with Crippen LogP contribution >= 0.6 is 11.6 Å². The van der Waals surface area contributed by atoms with Crippen LogP contribution in [0.5, 0.6) is 0 Å². The lowest BCUT2D eigenvalue weighted by atomic mass is 10.4. The molecule has 0 saturated carbocycles. The fourth-order valence-corrected chi connectivity index (χ4v) is 1.25. The first-order valence-corrected chi connectivity index (χ1v) is 4.85. The molecule has 0 aliphatic heterocycles. The molecular weight excluding hydrogens is 237 g/mol. The number of carbonyl (C=O) groups is 1. The number of carbonyl (C=O) groups excluding carboxylic acids is 1. The third-order valence-corrected chi connectivity index (χ3v) is 2.31. The number of hydrogen-bond acceptors (Lipinski definition) is 3. The Balaban J connectivity index is 3.17. The molecule has 1 amide bonds. The van der Waals surface area contributed by atoms with E-state index in [4.69, 9.17) is 11.6 Å². The first kappa shape index (κ1) is 12.6. The zero-order chi connectivity index (χ0) is 12.5. The van der Waals surface area contributed by atoms with E-state index >= 15 is 0 Å². The van der Waals surface area contributed by atoms with Gasteiger partial charge in [-0.05, 0) is 6.92 Å². The molecule has 88 valence electrons. The van der Waals surface area contributed by atoms with Crippen LogP contribution < -0.4 is 5.56 Å². The largest absolute Gasteiger partial charge is 0.347 e. The van der Waals surface area contributed by atoms with Gasteiger partial charge in [0.05, 0.1) is 5.69 Å². The van der Waals surface area contributed by atoms with E-state index in [1.54, 1.807) is 14.1 Å². The number of likely N-dealkylation sites (N-methyl/N-ethyl adjacent to an activating group) is 1. The van der Waals surface area contributed by atoms with Crippen LogP contribution in [0.25, 0.3) is 0 Å². The predicted octanol–water partition coefficient (Wildman–Crippen LogP) is 0.432. The van der Waals surface area contributed by atoms with E-state index in [0.29, 0.717) is 0 Å². The molecule has 0 saturated heterocycles. The molecule has 0 aliphatic rings. The Morgan fingerprint density at radius 3 is 2.62 bits per heavy atom. The second-order valence-electron chi connectivity index (χ2n) is 3.46. The average molecular weight is 248 g/mol. The van der Waals surface area contributed by atoms with E-state index < -0.39 is 16.4 Å². The summed E-state index contributed by atoms with van der Waals surface area (Å²) in [6.45, 7) is 1.12. The Kier molecular flexibility index (Phi) is 3.64. The van der Waals surface area contributed by atoms with E-state index in [1.807, 2.05) is 0 Å². The lowest BCUT2D eigenvalue weighted by Crippen LogP contribution is -2.34. The van der Waals surface area contributed by atoms with Crippen molar-refractivity contribution in [3.63, 3.8) is 0 Å². The Morgan fingerprint density at radius 2 is 2.12 bits per heavy atom. The lowest BCUT2D eigenvalue weighted by Gasteiger charge is -2.11. The highest BCUT2D eigenvalue weighted by Crippen LogP contribution is 2.10. The minimum absolute atomic E-state index is 0.0174. The number of aryl methyl sites for hydroxylation is 1. The zero-order valence-corrected chi connectivity index (χ0v) is 9.88. The van der Waals surface area contributed by atoms with Crippen LogP contribution in [0.2, 0.25) is 5.02 Å². The SMILES string of the molecule is Cc1nn(CC(=O)N(C)C)c(=O)c(Cl)c1F. The quantitative estimate of drug-likeness (QED) is 0.762. The van der Waals surface area contributed by atoms with Crippen molar-refractivity contribution >= 4 is 17.5 Å². The van der Waals surface area contributed by atoms with Gasteiger partial charge in [0, 0.05) is 14.1 Å². The number of hydrogen-bond donors (Lipinski definition) is 0. The van der Waals surface area contributed by atoms with Crippen molar-refractivity contribution in [3.05, 3.63) is 26.9 Å². The van der Waals surface area contributed by atoms with Gasteiger partial charge in [-0.25, -0.2) is 9.07 Å². The average Bonchev–Trinajstić information content (AvgIpc) is 2.22. The molecule has 0 bridgehead atoms.